The van der Waals surface area contributed by atoms with Gasteiger partial charge in [-0.2, -0.15) is 0 Å². The van der Waals surface area contributed by atoms with E-state index < -0.39 is 11.8 Å². The van der Waals surface area contributed by atoms with Gasteiger partial charge in [0.2, 0.25) is 0 Å². The Balaban J connectivity index is 2.04. The van der Waals surface area contributed by atoms with E-state index in [0.717, 1.165) is 18.7 Å². The first-order chi connectivity index (χ1) is 9.08. The van der Waals surface area contributed by atoms with Crippen LogP contribution < -0.4 is 5.32 Å². The number of aromatic carboxylic acids is 1. The van der Waals surface area contributed by atoms with Crippen molar-refractivity contribution in [2.75, 3.05) is 11.9 Å². The van der Waals surface area contributed by atoms with Gasteiger partial charge >= 0.3 is 5.97 Å². The molecule has 1 heterocycles. The summed E-state index contributed by atoms with van der Waals surface area (Å²) in [5.74, 6) is -0.371. The number of nitrogens with one attached hydrogen (secondary N) is 1. The fourth-order valence-electron chi connectivity index (χ4n) is 2.67. The van der Waals surface area contributed by atoms with Crippen LogP contribution in [0.5, 0.6) is 0 Å². The molecule has 0 aromatic carbocycles. The van der Waals surface area contributed by atoms with E-state index in [9.17, 15) is 9.18 Å². The van der Waals surface area contributed by atoms with E-state index >= 15 is 0 Å². The quantitative estimate of drug-likeness (QED) is 0.878. The minimum Gasteiger partial charge on any atom is -0.478 e. The summed E-state index contributed by atoms with van der Waals surface area (Å²) >= 11 is 0. The molecule has 1 fully saturated rings. The van der Waals surface area contributed by atoms with Crippen LogP contribution in [-0.2, 0) is 0 Å². The van der Waals surface area contributed by atoms with Gasteiger partial charge in [-0.05, 0) is 24.3 Å². The Bertz CT molecular complexity index is 465. The molecule has 2 rings (SSSR count). The monoisotopic (exact) mass is 266 g/mol. The highest BCUT2D eigenvalue weighted by Crippen LogP contribution is 2.29. The fourth-order valence-corrected chi connectivity index (χ4v) is 2.67. The van der Waals surface area contributed by atoms with Gasteiger partial charge in [-0.1, -0.05) is 26.2 Å². The zero-order valence-electron chi connectivity index (χ0n) is 11.0. The number of aromatic nitrogens is 1. The number of hydrogen-bond donors (Lipinski definition) is 2. The third-order valence-corrected chi connectivity index (χ3v) is 3.91. The predicted molar refractivity (Wildman–Crippen MR) is 70.8 cm³/mol. The summed E-state index contributed by atoms with van der Waals surface area (Å²) in [5.41, 5.74) is -0.108. The highest BCUT2D eigenvalue weighted by molar-refractivity contribution is 5.93. The van der Waals surface area contributed by atoms with Gasteiger partial charge in [-0.15, -0.1) is 0 Å². The number of carbonyl (C=O) groups is 1. The lowest BCUT2D eigenvalue weighted by Crippen LogP contribution is -2.25. The molecule has 1 aliphatic rings. The third kappa shape index (κ3) is 3.43. The Morgan fingerprint density at radius 1 is 1.53 bits per heavy atom. The van der Waals surface area contributed by atoms with Gasteiger partial charge in [-0.3, -0.25) is 0 Å². The molecular weight excluding hydrogens is 247 g/mol. The van der Waals surface area contributed by atoms with Crippen molar-refractivity contribution in [1.82, 2.24) is 4.98 Å². The highest BCUT2D eigenvalue weighted by atomic mass is 19.1. The molecule has 104 valence electrons. The van der Waals surface area contributed by atoms with E-state index in [-0.39, 0.29) is 11.4 Å². The largest absolute Gasteiger partial charge is 0.478 e. The molecule has 2 atom stereocenters. The maximum Gasteiger partial charge on any atom is 0.339 e. The minimum atomic E-state index is -1.16. The second-order valence-electron chi connectivity index (χ2n) is 5.26. The summed E-state index contributed by atoms with van der Waals surface area (Å²) in [6.45, 7) is 2.92. The van der Waals surface area contributed by atoms with Crippen molar-refractivity contribution in [3.05, 3.63) is 23.6 Å². The van der Waals surface area contributed by atoms with Crippen LogP contribution in [0.25, 0.3) is 0 Å². The van der Waals surface area contributed by atoms with E-state index in [1.807, 2.05) is 0 Å². The van der Waals surface area contributed by atoms with Gasteiger partial charge < -0.3 is 10.4 Å². The summed E-state index contributed by atoms with van der Waals surface area (Å²) in [7, 11) is 0. The number of hydrogen-bond acceptors (Lipinski definition) is 3. The molecule has 4 nitrogen and oxygen atoms in total. The summed E-state index contributed by atoms with van der Waals surface area (Å²) < 4.78 is 13.0. The molecule has 2 unspecified atom stereocenters. The first-order valence-corrected chi connectivity index (χ1v) is 6.70. The van der Waals surface area contributed by atoms with Gasteiger partial charge in [0.25, 0.3) is 0 Å². The normalized spacial score (nSPS) is 23.1. The zero-order chi connectivity index (χ0) is 13.8. The Morgan fingerprint density at radius 3 is 2.95 bits per heavy atom. The molecule has 0 bridgehead atoms. The van der Waals surface area contributed by atoms with Crippen LogP contribution >= 0.6 is 0 Å². The van der Waals surface area contributed by atoms with Crippen LogP contribution in [0, 0.1) is 17.7 Å². The number of anilines is 1. The van der Waals surface area contributed by atoms with Crippen molar-refractivity contribution in [3.63, 3.8) is 0 Å². The van der Waals surface area contributed by atoms with Gasteiger partial charge in [-0.25, -0.2) is 14.2 Å². The molecule has 0 radical (unpaired) electrons. The van der Waals surface area contributed by atoms with Crippen molar-refractivity contribution >= 4 is 11.8 Å². The van der Waals surface area contributed by atoms with Crippen molar-refractivity contribution in [1.29, 1.82) is 0 Å². The number of carboxylic acid groups (broad SMARTS) is 1. The lowest BCUT2D eigenvalue weighted by Gasteiger charge is -2.29. The molecule has 1 aliphatic carbocycles. The van der Waals surface area contributed by atoms with Crippen LogP contribution in [0.4, 0.5) is 10.2 Å². The molecule has 0 saturated heterocycles. The number of carboxylic acids is 1. The van der Waals surface area contributed by atoms with Gasteiger partial charge in [0, 0.05) is 6.54 Å². The van der Waals surface area contributed by atoms with Gasteiger partial charge in [0.05, 0.1) is 6.20 Å². The van der Waals surface area contributed by atoms with Crippen molar-refractivity contribution in [3.8, 4) is 0 Å². The van der Waals surface area contributed by atoms with Gasteiger partial charge in [0.1, 0.15) is 17.2 Å². The van der Waals surface area contributed by atoms with Crippen LogP contribution in [0.1, 0.15) is 43.0 Å². The zero-order valence-corrected chi connectivity index (χ0v) is 11.0. The minimum absolute atomic E-state index is 0.108. The van der Waals surface area contributed by atoms with E-state index in [0.29, 0.717) is 18.4 Å². The smallest absolute Gasteiger partial charge is 0.339 e. The Morgan fingerprint density at radius 2 is 2.26 bits per heavy atom. The standard InChI is InChI=1S/C14H19FN2O2/c1-9-4-2-3-5-10(9)7-16-13-12(14(18)19)6-11(15)8-17-13/h6,8-10H,2-5,7H2,1H3,(H,16,17)(H,18,19). The Labute approximate surface area is 112 Å². The average Bonchev–Trinajstić information content (AvgIpc) is 2.38. The molecule has 2 N–H and O–H groups in total. The molecule has 5 heteroatoms. The predicted octanol–water partition coefficient (Wildman–Crippen LogP) is 3.16. The molecule has 1 saturated carbocycles. The Kier molecular flexibility index (Phi) is 4.35. The topological polar surface area (TPSA) is 62.2 Å². The summed E-state index contributed by atoms with van der Waals surface area (Å²) in [6.07, 6.45) is 5.90. The van der Waals surface area contributed by atoms with Crippen LogP contribution in [0.3, 0.4) is 0 Å². The molecule has 0 spiro atoms. The van der Waals surface area contributed by atoms with Crippen LogP contribution in [-0.4, -0.2) is 22.6 Å². The number of nitrogens with zero attached hydrogens (tertiary/aromatic N) is 1. The molecular formula is C14H19FN2O2. The van der Waals surface area contributed by atoms with E-state index in [2.05, 4.69) is 17.2 Å². The lowest BCUT2D eigenvalue weighted by atomic mass is 9.80. The lowest BCUT2D eigenvalue weighted by molar-refractivity contribution is 0.0697. The molecule has 1 aromatic rings. The number of rotatable bonds is 4. The molecule has 0 aliphatic heterocycles. The molecule has 1 aromatic heterocycles. The summed E-state index contributed by atoms with van der Waals surface area (Å²) in [5, 5.41) is 12.1. The highest BCUT2D eigenvalue weighted by Gasteiger charge is 2.22. The Hall–Kier alpha value is -1.65. The second kappa shape index (κ2) is 5.99. The second-order valence-corrected chi connectivity index (χ2v) is 5.26. The van der Waals surface area contributed by atoms with Crippen molar-refractivity contribution < 1.29 is 14.3 Å². The first-order valence-electron chi connectivity index (χ1n) is 6.70. The van der Waals surface area contributed by atoms with Crippen LogP contribution in [0.15, 0.2) is 12.3 Å². The first kappa shape index (κ1) is 13.8. The van der Waals surface area contributed by atoms with Crippen molar-refractivity contribution in [2.24, 2.45) is 11.8 Å². The average molecular weight is 266 g/mol. The fraction of sp³-hybridized carbons (Fsp3) is 0.571. The number of pyridine rings is 1. The van der Waals surface area contributed by atoms with E-state index in [1.54, 1.807) is 0 Å². The van der Waals surface area contributed by atoms with E-state index in [4.69, 9.17) is 5.11 Å². The maximum atomic E-state index is 13.0. The molecule has 19 heavy (non-hydrogen) atoms. The number of halogens is 1. The van der Waals surface area contributed by atoms with Crippen LogP contribution in [0.2, 0.25) is 0 Å². The van der Waals surface area contributed by atoms with E-state index in [1.165, 1.54) is 19.3 Å². The molecule has 0 amide bonds. The van der Waals surface area contributed by atoms with Gasteiger partial charge in [0.15, 0.2) is 0 Å². The third-order valence-electron chi connectivity index (χ3n) is 3.91. The summed E-state index contributed by atoms with van der Waals surface area (Å²) in [4.78, 5) is 14.9. The summed E-state index contributed by atoms with van der Waals surface area (Å²) in [6, 6.07) is 1.00. The van der Waals surface area contributed by atoms with Crippen molar-refractivity contribution in [2.45, 2.75) is 32.6 Å². The SMILES string of the molecule is CC1CCCCC1CNc1ncc(F)cc1C(=O)O. The maximum absolute atomic E-state index is 13.0.